The number of amides is 1. The van der Waals surface area contributed by atoms with Crippen LogP contribution in [0.3, 0.4) is 0 Å². The maximum absolute atomic E-state index is 14.2. The largest absolute Gasteiger partial charge is 0.487 e. The van der Waals surface area contributed by atoms with Crippen LogP contribution in [0.4, 0.5) is 10.1 Å². The number of β-amino-alcohol motifs (C(OH)–C–C–N with tert-alkyl or cyclic N) is 1. The molecule has 1 atom stereocenters. The number of nitrogens with one attached hydrogen (secondary N) is 1. The monoisotopic (exact) mass is 442 g/mol. The highest BCUT2D eigenvalue weighted by Gasteiger charge is 2.25. The summed E-state index contributed by atoms with van der Waals surface area (Å²) in [5.41, 5.74) is 1.82. The molecule has 3 aromatic rings. The van der Waals surface area contributed by atoms with Crippen molar-refractivity contribution in [2.45, 2.75) is 19.4 Å². The second-order valence-corrected chi connectivity index (χ2v) is 8.21. The molecule has 0 spiro atoms. The molecule has 162 valence electrons. The average Bonchev–Trinajstić information content (AvgIpc) is 3.40. The van der Waals surface area contributed by atoms with Crippen molar-refractivity contribution in [1.82, 2.24) is 14.9 Å². The van der Waals surface area contributed by atoms with E-state index in [1.54, 1.807) is 23.7 Å². The highest BCUT2D eigenvalue weighted by atomic mass is 32.1. The van der Waals surface area contributed by atoms with Crippen LogP contribution in [0.25, 0.3) is 10.6 Å². The summed E-state index contributed by atoms with van der Waals surface area (Å²) in [6, 6.07) is 6.54. The zero-order valence-corrected chi connectivity index (χ0v) is 17.9. The van der Waals surface area contributed by atoms with Gasteiger partial charge >= 0.3 is 0 Å². The Morgan fingerprint density at radius 2 is 2.29 bits per heavy atom. The number of carbonyl (C=O) groups is 1. The fraction of sp³-hybridized carbons (Fsp3) is 0.318. The Bertz CT molecular complexity index is 1050. The van der Waals surface area contributed by atoms with E-state index in [2.05, 4.69) is 20.2 Å². The van der Waals surface area contributed by atoms with E-state index in [0.717, 1.165) is 18.5 Å². The van der Waals surface area contributed by atoms with Crippen molar-refractivity contribution in [1.29, 1.82) is 0 Å². The number of hydrogen-bond acceptors (Lipinski definition) is 7. The molecule has 1 aliphatic rings. The van der Waals surface area contributed by atoms with Gasteiger partial charge in [0.05, 0.1) is 12.8 Å². The number of aliphatic hydroxyl groups excluding tert-OH is 1. The first-order chi connectivity index (χ1) is 15.0. The number of anilines is 1. The number of nitrogens with zero attached hydrogens (tertiary/aromatic N) is 3. The first-order valence-electron chi connectivity index (χ1n) is 10.0. The van der Waals surface area contributed by atoms with Crippen LogP contribution in [0.15, 0.2) is 42.0 Å². The number of rotatable bonds is 7. The SMILES string of the molecule is Cc1cccc(F)c1-c1nc(C(=O)Nc2cnccc2OC2CCN(CCO)C2)cs1. The smallest absolute Gasteiger partial charge is 0.275 e. The van der Waals surface area contributed by atoms with Gasteiger partial charge in [-0.25, -0.2) is 9.37 Å². The number of carbonyl (C=O) groups excluding carboxylic acids is 1. The minimum atomic E-state index is -0.414. The Balaban J connectivity index is 1.47. The lowest BCUT2D eigenvalue weighted by Gasteiger charge is -2.17. The van der Waals surface area contributed by atoms with E-state index in [0.29, 0.717) is 35.1 Å². The quantitative estimate of drug-likeness (QED) is 0.584. The summed E-state index contributed by atoms with van der Waals surface area (Å²) in [4.78, 5) is 23.3. The molecule has 3 heterocycles. The van der Waals surface area contributed by atoms with Crippen LogP contribution in [0.2, 0.25) is 0 Å². The predicted octanol–water partition coefficient (Wildman–Crippen LogP) is 3.35. The van der Waals surface area contributed by atoms with Gasteiger partial charge in [0.15, 0.2) is 0 Å². The van der Waals surface area contributed by atoms with Crippen LogP contribution in [0, 0.1) is 12.7 Å². The van der Waals surface area contributed by atoms with E-state index in [4.69, 9.17) is 9.84 Å². The number of halogens is 1. The Kier molecular flexibility index (Phi) is 6.55. The minimum absolute atomic E-state index is 0.0282. The molecule has 4 rings (SSSR count). The summed E-state index contributed by atoms with van der Waals surface area (Å²) in [5, 5.41) is 14.0. The molecule has 0 saturated carbocycles. The normalized spacial score (nSPS) is 16.4. The second-order valence-electron chi connectivity index (χ2n) is 7.35. The molecular weight excluding hydrogens is 419 g/mol. The number of aliphatic hydroxyl groups is 1. The van der Waals surface area contributed by atoms with E-state index in [9.17, 15) is 9.18 Å². The van der Waals surface area contributed by atoms with Crippen LogP contribution < -0.4 is 10.1 Å². The minimum Gasteiger partial charge on any atom is -0.487 e. The molecule has 2 N–H and O–H groups in total. The third-order valence-corrected chi connectivity index (χ3v) is 6.00. The van der Waals surface area contributed by atoms with Gasteiger partial charge in [-0.3, -0.25) is 14.7 Å². The van der Waals surface area contributed by atoms with Crippen LogP contribution in [-0.2, 0) is 0 Å². The van der Waals surface area contributed by atoms with Crippen molar-refractivity contribution in [3.8, 4) is 16.3 Å². The molecular formula is C22H23FN4O3S. The van der Waals surface area contributed by atoms with Crippen molar-refractivity contribution in [2.75, 3.05) is 31.6 Å². The molecule has 1 aliphatic heterocycles. The third-order valence-electron chi connectivity index (χ3n) is 5.14. The van der Waals surface area contributed by atoms with Crippen LogP contribution in [0.1, 0.15) is 22.5 Å². The Morgan fingerprint density at radius 3 is 3.10 bits per heavy atom. The molecule has 0 aliphatic carbocycles. The number of hydrogen-bond donors (Lipinski definition) is 2. The van der Waals surface area contributed by atoms with Gasteiger partial charge in [0.2, 0.25) is 0 Å². The molecule has 31 heavy (non-hydrogen) atoms. The summed E-state index contributed by atoms with van der Waals surface area (Å²) >= 11 is 1.22. The molecule has 1 saturated heterocycles. The van der Waals surface area contributed by atoms with Crippen molar-refractivity contribution in [3.05, 3.63) is 59.1 Å². The first kappa shape index (κ1) is 21.4. The molecule has 1 amide bonds. The van der Waals surface area contributed by atoms with Gasteiger partial charge in [0.1, 0.15) is 34.1 Å². The van der Waals surface area contributed by atoms with E-state index in [1.165, 1.54) is 23.6 Å². The highest BCUT2D eigenvalue weighted by molar-refractivity contribution is 7.13. The summed E-state index contributed by atoms with van der Waals surface area (Å²) in [7, 11) is 0. The van der Waals surface area contributed by atoms with Gasteiger partial charge in [-0.05, 0) is 25.0 Å². The summed E-state index contributed by atoms with van der Waals surface area (Å²) < 4.78 is 20.3. The highest BCUT2D eigenvalue weighted by Crippen LogP contribution is 2.30. The molecule has 0 radical (unpaired) electrons. The lowest BCUT2D eigenvalue weighted by Crippen LogP contribution is -2.27. The molecule has 2 aromatic heterocycles. The van der Waals surface area contributed by atoms with E-state index < -0.39 is 5.91 Å². The number of benzene rings is 1. The average molecular weight is 443 g/mol. The van der Waals surface area contributed by atoms with Crippen LogP contribution in [0.5, 0.6) is 5.75 Å². The molecule has 1 unspecified atom stereocenters. The van der Waals surface area contributed by atoms with Crippen molar-refractivity contribution in [3.63, 3.8) is 0 Å². The van der Waals surface area contributed by atoms with Gasteiger partial charge in [-0.15, -0.1) is 11.3 Å². The van der Waals surface area contributed by atoms with Crippen molar-refractivity contribution >= 4 is 22.9 Å². The van der Waals surface area contributed by atoms with Crippen LogP contribution >= 0.6 is 11.3 Å². The fourth-order valence-corrected chi connectivity index (χ4v) is 4.49. The van der Waals surface area contributed by atoms with Gasteiger partial charge in [0, 0.05) is 42.8 Å². The molecule has 9 heteroatoms. The summed E-state index contributed by atoms with van der Waals surface area (Å²) in [5.74, 6) is -0.252. The molecule has 1 fully saturated rings. The number of ether oxygens (including phenoxy) is 1. The topological polar surface area (TPSA) is 87.6 Å². The summed E-state index contributed by atoms with van der Waals surface area (Å²) in [6.07, 6.45) is 3.95. The maximum Gasteiger partial charge on any atom is 0.275 e. The zero-order chi connectivity index (χ0) is 21.8. The Labute approximate surface area is 183 Å². The van der Waals surface area contributed by atoms with E-state index in [-0.39, 0.29) is 24.2 Å². The van der Waals surface area contributed by atoms with E-state index in [1.807, 2.05) is 13.0 Å². The standard InChI is InChI=1S/C22H23FN4O3S/c1-14-3-2-4-16(23)20(14)22-26-18(13-31-22)21(29)25-17-11-24-7-5-19(17)30-15-6-8-27(12-15)9-10-28/h2-5,7,11,13,15,28H,6,8-10,12H2,1H3,(H,25,29). The predicted molar refractivity (Wildman–Crippen MR) is 117 cm³/mol. The van der Waals surface area contributed by atoms with Crippen molar-refractivity contribution in [2.24, 2.45) is 0 Å². The lowest BCUT2D eigenvalue weighted by molar-refractivity contribution is 0.102. The third kappa shape index (κ3) is 4.90. The number of aryl methyl sites for hydroxylation is 1. The van der Waals surface area contributed by atoms with Gasteiger partial charge < -0.3 is 15.2 Å². The lowest BCUT2D eigenvalue weighted by atomic mass is 10.1. The van der Waals surface area contributed by atoms with Crippen LogP contribution in [-0.4, -0.2) is 58.2 Å². The zero-order valence-electron chi connectivity index (χ0n) is 17.0. The maximum atomic E-state index is 14.2. The number of thiazole rings is 1. The number of pyridine rings is 1. The fourth-order valence-electron chi connectivity index (χ4n) is 3.58. The molecule has 0 bridgehead atoms. The number of likely N-dealkylation sites (tertiary alicyclic amines) is 1. The Morgan fingerprint density at radius 1 is 1.42 bits per heavy atom. The first-order valence-corrected chi connectivity index (χ1v) is 10.9. The van der Waals surface area contributed by atoms with Gasteiger partial charge in [0.25, 0.3) is 5.91 Å². The van der Waals surface area contributed by atoms with E-state index >= 15 is 0 Å². The second kappa shape index (κ2) is 9.51. The van der Waals surface area contributed by atoms with Gasteiger partial charge in [-0.2, -0.15) is 0 Å². The molecule has 7 nitrogen and oxygen atoms in total. The van der Waals surface area contributed by atoms with Gasteiger partial charge in [-0.1, -0.05) is 12.1 Å². The Hall–Kier alpha value is -2.88. The van der Waals surface area contributed by atoms with Crippen molar-refractivity contribution < 1.29 is 19.0 Å². The summed E-state index contributed by atoms with van der Waals surface area (Å²) in [6.45, 7) is 4.12. The number of aromatic nitrogens is 2. The molecule has 1 aromatic carbocycles.